The molecule has 0 saturated carbocycles. The monoisotopic (exact) mass is 191 g/mol. The van der Waals surface area contributed by atoms with E-state index < -0.39 is 0 Å². The molecule has 0 saturated heterocycles. The molecule has 0 spiro atoms. The molecular weight excluding hydrogens is 180 g/mol. The Morgan fingerprint density at radius 2 is 2.14 bits per heavy atom. The summed E-state index contributed by atoms with van der Waals surface area (Å²) < 4.78 is 0. The minimum atomic E-state index is -0.281. The van der Waals surface area contributed by atoms with Crippen molar-refractivity contribution in [2.75, 3.05) is 5.32 Å². The van der Waals surface area contributed by atoms with Crippen molar-refractivity contribution in [2.45, 2.75) is 13.8 Å². The van der Waals surface area contributed by atoms with Crippen LogP contribution in [0.15, 0.2) is 12.3 Å². The molecule has 0 bridgehead atoms. The molecule has 4 nitrogen and oxygen atoms in total. The van der Waals surface area contributed by atoms with Crippen LogP contribution in [-0.2, 0) is 4.79 Å². The zero-order valence-corrected chi connectivity index (χ0v) is 8.13. The maximum absolute atomic E-state index is 11.1. The number of pyridine rings is 1. The second kappa shape index (κ2) is 4.00. The summed E-state index contributed by atoms with van der Waals surface area (Å²) in [5.41, 5.74) is 1.12. The highest BCUT2D eigenvalue weighted by atomic mass is 16.1. The standard InChI is InChI=1S/C10H11N2O2/c1-6-9(7(2)13)4-5-11-10(6)12-8(3)14/h4-5H,2H2,1,3H3,(H,11,12,14). The highest BCUT2D eigenvalue weighted by Crippen LogP contribution is 2.15. The van der Waals surface area contributed by atoms with Gasteiger partial charge in [-0.05, 0) is 13.0 Å². The number of nitrogens with one attached hydrogen (secondary N) is 1. The first-order valence-electron chi connectivity index (χ1n) is 4.12. The number of aromatic nitrogens is 1. The van der Waals surface area contributed by atoms with Gasteiger partial charge in [0.25, 0.3) is 0 Å². The van der Waals surface area contributed by atoms with Crippen LogP contribution in [0, 0.1) is 13.8 Å². The van der Waals surface area contributed by atoms with Gasteiger partial charge < -0.3 is 5.32 Å². The van der Waals surface area contributed by atoms with Crippen LogP contribution in [0.4, 0.5) is 5.82 Å². The van der Waals surface area contributed by atoms with Gasteiger partial charge in [0.15, 0.2) is 5.78 Å². The molecule has 0 aliphatic rings. The molecule has 73 valence electrons. The van der Waals surface area contributed by atoms with E-state index in [2.05, 4.69) is 17.2 Å². The Morgan fingerprint density at radius 1 is 1.50 bits per heavy atom. The van der Waals surface area contributed by atoms with Gasteiger partial charge in [0.2, 0.25) is 5.91 Å². The number of nitrogens with zero attached hydrogens (tertiary/aromatic N) is 1. The van der Waals surface area contributed by atoms with E-state index in [1.807, 2.05) is 0 Å². The summed E-state index contributed by atoms with van der Waals surface area (Å²) in [6.45, 7) is 6.42. The summed E-state index contributed by atoms with van der Waals surface area (Å²) in [5, 5.41) is 2.54. The Kier molecular flexibility index (Phi) is 2.96. The first kappa shape index (κ1) is 10.4. The number of amides is 1. The maximum atomic E-state index is 11.1. The lowest BCUT2D eigenvalue weighted by molar-refractivity contribution is -0.114. The minimum absolute atomic E-state index is 0.214. The van der Waals surface area contributed by atoms with E-state index in [0.29, 0.717) is 16.9 Å². The van der Waals surface area contributed by atoms with Crippen molar-refractivity contribution in [1.82, 2.24) is 4.98 Å². The van der Waals surface area contributed by atoms with E-state index in [9.17, 15) is 9.59 Å². The van der Waals surface area contributed by atoms with Crippen LogP contribution in [0.2, 0.25) is 0 Å². The fourth-order valence-electron chi connectivity index (χ4n) is 1.13. The Hall–Kier alpha value is -1.71. The number of Topliss-reactive ketones (excluding diaryl/α,β-unsaturated/α-hetero) is 1. The predicted octanol–water partition coefficient (Wildman–Crippen LogP) is 1.37. The number of ketones is 1. The molecule has 0 aromatic carbocycles. The Morgan fingerprint density at radius 3 is 2.64 bits per heavy atom. The number of carbonyl (C=O) groups is 2. The largest absolute Gasteiger partial charge is 0.311 e. The van der Waals surface area contributed by atoms with Crippen LogP contribution in [0.25, 0.3) is 0 Å². The molecule has 0 aliphatic heterocycles. The van der Waals surface area contributed by atoms with E-state index >= 15 is 0 Å². The van der Waals surface area contributed by atoms with Crippen molar-refractivity contribution in [2.24, 2.45) is 0 Å². The van der Waals surface area contributed by atoms with Crippen LogP contribution in [0.5, 0.6) is 0 Å². The quantitative estimate of drug-likeness (QED) is 0.718. The van der Waals surface area contributed by atoms with Gasteiger partial charge >= 0.3 is 0 Å². The van der Waals surface area contributed by atoms with Gasteiger partial charge in [-0.3, -0.25) is 9.59 Å². The van der Waals surface area contributed by atoms with Gasteiger partial charge in [0, 0.05) is 31.2 Å². The van der Waals surface area contributed by atoms with E-state index in [1.165, 1.54) is 13.1 Å². The molecule has 1 radical (unpaired) electrons. The fourth-order valence-corrected chi connectivity index (χ4v) is 1.13. The predicted molar refractivity (Wildman–Crippen MR) is 53.0 cm³/mol. The number of rotatable bonds is 2. The molecule has 0 fully saturated rings. The lowest BCUT2D eigenvalue weighted by atomic mass is 10.1. The van der Waals surface area contributed by atoms with Gasteiger partial charge in [-0.15, -0.1) is 0 Å². The highest BCUT2D eigenvalue weighted by molar-refractivity contribution is 6.02. The van der Waals surface area contributed by atoms with Gasteiger partial charge in [0.05, 0.1) is 0 Å². The first-order valence-corrected chi connectivity index (χ1v) is 4.12. The lowest BCUT2D eigenvalue weighted by Gasteiger charge is -2.07. The van der Waals surface area contributed by atoms with E-state index in [4.69, 9.17) is 0 Å². The Labute approximate surface area is 82.3 Å². The Bertz CT molecular complexity index is 386. The molecule has 1 rings (SSSR count). The smallest absolute Gasteiger partial charge is 0.222 e. The number of hydrogen-bond donors (Lipinski definition) is 1. The number of anilines is 1. The third-order valence-electron chi connectivity index (χ3n) is 1.80. The van der Waals surface area contributed by atoms with Crippen molar-refractivity contribution < 1.29 is 9.59 Å². The molecule has 0 atom stereocenters. The zero-order valence-electron chi connectivity index (χ0n) is 8.13. The molecule has 1 aromatic heterocycles. The fraction of sp³-hybridized carbons (Fsp3) is 0.200. The summed E-state index contributed by atoms with van der Waals surface area (Å²) in [6.07, 6.45) is 1.47. The van der Waals surface area contributed by atoms with Crippen LogP contribution in [0.3, 0.4) is 0 Å². The van der Waals surface area contributed by atoms with Crippen molar-refractivity contribution in [3.63, 3.8) is 0 Å². The Balaban J connectivity index is 3.13. The normalized spacial score (nSPS) is 9.64. The molecule has 0 unspecified atom stereocenters. The van der Waals surface area contributed by atoms with Crippen LogP contribution >= 0.6 is 0 Å². The number of carbonyl (C=O) groups excluding carboxylic acids is 2. The average Bonchev–Trinajstić information content (AvgIpc) is 2.07. The van der Waals surface area contributed by atoms with Crippen LogP contribution in [-0.4, -0.2) is 16.7 Å². The molecule has 1 amide bonds. The third kappa shape index (κ3) is 2.16. The van der Waals surface area contributed by atoms with Crippen molar-refractivity contribution >= 4 is 17.5 Å². The lowest BCUT2D eigenvalue weighted by Crippen LogP contribution is -2.10. The summed E-state index contributed by atoms with van der Waals surface area (Å²) in [7, 11) is 0. The SMILES string of the molecule is [CH2]C(=O)c1ccnc(NC(C)=O)c1C. The van der Waals surface area contributed by atoms with Crippen LogP contribution in [0.1, 0.15) is 22.8 Å². The van der Waals surface area contributed by atoms with Crippen molar-refractivity contribution in [3.05, 3.63) is 30.3 Å². The van der Waals surface area contributed by atoms with Crippen LogP contribution < -0.4 is 5.32 Å². The summed E-state index contributed by atoms with van der Waals surface area (Å²) in [4.78, 5) is 25.8. The second-order valence-electron chi connectivity index (χ2n) is 2.94. The van der Waals surface area contributed by atoms with E-state index in [0.717, 1.165) is 0 Å². The maximum Gasteiger partial charge on any atom is 0.222 e. The second-order valence-corrected chi connectivity index (χ2v) is 2.94. The van der Waals surface area contributed by atoms with Crippen molar-refractivity contribution in [3.8, 4) is 0 Å². The van der Waals surface area contributed by atoms with Gasteiger partial charge in [-0.1, -0.05) is 0 Å². The van der Waals surface area contributed by atoms with E-state index in [-0.39, 0.29) is 11.7 Å². The van der Waals surface area contributed by atoms with Crippen molar-refractivity contribution in [1.29, 1.82) is 0 Å². The molecule has 4 heteroatoms. The molecule has 0 aliphatic carbocycles. The summed E-state index contributed by atoms with van der Waals surface area (Å²) >= 11 is 0. The summed E-state index contributed by atoms with van der Waals surface area (Å²) in [5.74, 6) is -0.0854. The molecule has 14 heavy (non-hydrogen) atoms. The molecule has 1 N–H and O–H groups in total. The van der Waals surface area contributed by atoms with Gasteiger partial charge in [-0.2, -0.15) is 0 Å². The van der Waals surface area contributed by atoms with Gasteiger partial charge in [-0.25, -0.2) is 4.98 Å². The van der Waals surface area contributed by atoms with E-state index in [1.54, 1.807) is 13.0 Å². The van der Waals surface area contributed by atoms with Gasteiger partial charge in [0.1, 0.15) is 5.82 Å². The highest BCUT2D eigenvalue weighted by Gasteiger charge is 2.09. The molecular formula is C10H11N2O2. The molecule has 1 heterocycles. The topological polar surface area (TPSA) is 59.1 Å². The molecule has 1 aromatic rings. The zero-order chi connectivity index (χ0) is 10.7. The summed E-state index contributed by atoms with van der Waals surface area (Å²) in [6, 6.07) is 1.58. The average molecular weight is 191 g/mol. The number of hydrogen-bond acceptors (Lipinski definition) is 3. The minimum Gasteiger partial charge on any atom is -0.311 e. The first-order chi connectivity index (χ1) is 6.52. The third-order valence-corrected chi connectivity index (χ3v) is 1.80.